The van der Waals surface area contributed by atoms with Gasteiger partial charge in [-0.3, -0.25) is 0 Å². The molecule has 0 bridgehead atoms. The Labute approximate surface area is 157 Å². The van der Waals surface area contributed by atoms with Gasteiger partial charge in [0.2, 0.25) is 0 Å². The minimum atomic E-state index is -0.484. The van der Waals surface area contributed by atoms with Crippen LogP contribution in [0.2, 0.25) is 5.02 Å². The van der Waals surface area contributed by atoms with Crippen LogP contribution in [0.4, 0.5) is 4.79 Å². The van der Waals surface area contributed by atoms with E-state index >= 15 is 0 Å². The van der Waals surface area contributed by atoms with E-state index in [-0.39, 0.29) is 12.1 Å². The van der Waals surface area contributed by atoms with Gasteiger partial charge < -0.3 is 14.5 Å². The molecule has 4 nitrogen and oxygen atoms in total. The van der Waals surface area contributed by atoms with Crippen LogP contribution in [0.3, 0.4) is 0 Å². The van der Waals surface area contributed by atoms with E-state index in [0.717, 1.165) is 37.8 Å². The average Bonchev–Trinajstić information content (AvgIpc) is 3.29. The summed E-state index contributed by atoms with van der Waals surface area (Å²) in [6, 6.07) is 6.44. The lowest BCUT2D eigenvalue weighted by Crippen LogP contribution is -2.37. The molecule has 0 aliphatic heterocycles. The smallest absolute Gasteiger partial charge is 0.410 e. The summed E-state index contributed by atoms with van der Waals surface area (Å²) in [6.07, 6.45) is 3.95. The van der Waals surface area contributed by atoms with E-state index in [2.05, 4.69) is 31.1 Å². The third-order valence-corrected chi connectivity index (χ3v) is 4.51. The highest BCUT2D eigenvalue weighted by Gasteiger charge is 2.35. The Morgan fingerprint density at radius 3 is 2.52 bits per heavy atom. The molecular formula is C20H31ClN2O2. The summed E-state index contributed by atoms with van der Waals surface area (Å²) in [5.74, 6) is 0. The molecule has 1 saturated carbocycles. The zero-order chi connectivity index (χ0) is 18.6. The van der Waals surface area contributed by atoms with Crippen molar-refractivity contribution >= 4 is 17.7 Å². The molecule has 5 heteroatoms. The molecule has 25 heavy (non-hydrogen) atoms. The van der Waals surface area contributed by atoms with Gasteiger partial charge in [0.15, 0.2) is 0 Å². The van der Waals surface area contributed by atoms with Gasteiger partial charge in [-0.25, -0.2) is 4.79 Å². The number of hydrogen-bond donors (Lipinski definition) is 0. The number of halogens is 1. The second-order valence-electron chi connectivity index (χ2n) is 8.17. The van der Waals surface area contributed by atoms with Crippen molar-refractivity contribution in [2.75, 3.05) is 20.6 Å². The van der Waals surface area contributed by atoms with Gasteiger partial charge in [0, 0.05) is 11.1 Å². The maximum Gasteiger partial charge on any atom is 0.410 e. The minimum Gasteiger partial charge on any atom is -0.444 e. The zero-order valence-electron chi connectivity index (χ0n) is 16.1. The summed E-state index contributed by atoms with van der Waals surface area (Å²) >= 11 is 6.40. The highest BCUT2D eigenvalue weighted by molar-refractivity contribution is 6.31. The lowest BCUT2D eigenvalue weighted by Gasteiger charge is -2.28. The monoisotopic (exact) mass is 366 g/mol. The van der Waals surface area contributed by atoms with Crippen molar-refractivity contribution in [2.45, 2.75) is 64.6 Å². The highest BCUT2D eigenvalue weighted by atomic mass is 35.5. The summed E-state index contributed by atoms with van der Waals surface area (Å²) in [6.45, 7) is 7.26. The first-order valence-corrected chi connectivity index (χ1v) is 9.45. The third-order valence-electron chi connectivity index (χ3n) is 4.14. The van der Waals surface area contributed by atoms with Gasteiger partial charge in [-0.15, -0.1) is 0 Å². The van der Waals surface area contributed by atoms with Crippen LogP contribution in [0.15, 0.2) is 18.2 Å². The number of carbonyl (C=O) groups is 1. The van der Waals surface area contributed by atoms with Crippen molar-refractivity contribution in [3.63, 3.8) is 0 Å². The molecule has 2 rings (SSSR count). The van der Waals surface area contributed by atoms with Crippen molar-refractivity contribution in [1.29, 1.82) is 0 Å². The standard InChI is InChI=1S/C20H31ClN2O2/c1-20(2,3)25-19(24)23(17-9-10-17)14-16-13-15(8-11-18(16)21)7-6-12-22(4)5/h8,11,13,17H,6-7,9-10,12,14H2,1-5H3. The highest BCUT2D eigenvalue weighted by Crippen LogP contribution is 2.31. The number of rotatable bonds is 7. The van der Waals surface area contributed by atoms with Crippen LogP contribution in [0.5, 0.6) is 0 Å². The number of amides is 1. The van der Waals surface area contributed by atoms with E-state index in [1.54, 1.807) is 0 Å². The predicted molar refractivity (Wildman–Crippen MR) is 103 cm³/mol. The number of aryl methyl sites for hydroxylation is 1. The third kappa shape index (κ3) is 6.87. The lowest BCUT2D eigenvalue weighted by molar-refractivity contribution is 0.0217. The number of nitrogens with zero attached hydrogens (tertiary/aromatic N) is 2. The van der Waals surface area contributed by atoms with Crippen molar-refractivity contribution in [1.82, 2.24) is 9.80 Å². The van der Waals surface area contributed by atoms with E-state index in [4.69, 9.17) is 16.3 Å². The first-order valence-electron chi connectivity index (χ1n) is 9.07. The van der Waals surface area contributed by atoms with E-state index < -0.39 is 5.60 Å². The normalized spacial score (nSPS) is 14.7. The molecule has 1 aliphatic carbocycles. The van der Waals surface area contributed by atoms with Gasteiger partial charge in [0.05, 0.1) is 6.54 Å². The number of benzene rings is 1. The van der Waals surface area contributed by atoms with E-state index in [1.165, 1.54) is 5.56 Å². The second kappa shape index (κ2) is 8.41. The molecule has 1 amide bonds. The van der Waals surface area contributed by atoms with E-state index in [9.17, 15) is 4.79 Å². The largest absolute Gasteiger partial charge is 0.444 e. The minimum absolute atomic E-state index is 0.246. The first-order chi connectivity index (χ1) is 11.7. The van der Waals surface area contributed by atoms with E-state index in [0.29, 0.717) is 11.6 Å². The van der Waals surface area contributed by atoms with Gasteiger partial charge in [-0.1, -0.05) is 23.7 Å². The molecule has 0 heterocycles. The summed E-state index contributed by atoms with van der Waals surface area (Å²) in [4.78, 5) is 16.6. The Kier molecular flexibility index (Phi) is 6.75. The fourth-order valence-electron chi connectivity index (χ4n) is 2.74. The van der Waals surface area contributed by atoms with Crippen molar-refractivity contribution in [2.24, 2.45) is 0 Å². The summed E-state index contributed by atoms with van der Waals surface area (Å²) in [5.41, 5.74) is 1.78. The molecule has 1 fully saturated rings. The molecule has 0 unspecified atom stereocenters. The molecule has 0 spiro atoms. The fourth-order valence-corrected chi connectivity index (χ4v) is 2.91. The molecular weight excluding hydrogens is 336 g/mol. The fraction of sp³-hybridized carbons (Fsp3) is 0.650. The second-order valence-corrected chi connectivity index (χ2v) is 8.58. The molecule has 1 aromatic rings. The van der Waals surface area contributed by atoms with Gasteiger partial charge in [0.1, 0.15) is 5.60 Å². The Morgan fingerprint density at radius 2 is 1.96 bits per heavy atom. The van der Waals surface area contributed by atoms with Gasteiger partial charge >= 0.3 is 6.09 Å². The Balaban J connectivity index is 2.06. The van der Waals surface area contributed by atoms with E-state index in [1.807, 2.05) is 31.7 Å². The van der Waals surface area contributed by atoms with Crippen LogP contribution < -0.4 is 0 Å². The molecule has 1 aliphatic rings. The molecule has 0 saturated heterocycles. The maximum absolute atomic E-state index is 12.5. The average molecular weight is 367 g/mol. The number of ether oxygens (including phenoxy) is 1. The first kappa shape index (κ1) is 20.1. The molecule has 0 N–H and O–H groups in total. The molecule has 1 aromatic carbocycles. The van der Waals surface area contributed by atoms with Crippen LogP contribution in [0.1, 0.15) is 51.2 Å². The molecule has 0 atom stereocenters. The Hall–Kier alpha value is -1.26. The van der Waals surface area contributed by atoms with Crippen LogP contribution in [0.25, 0.3) is 0 Å². The molecule has 0 radical (unpaired) electrons. The van der Waals surface area contributed by atoms with Crippen LogP contribution >= 0.6 is 11.6 Å². The summed E-state index contributed by atoms with van der Waals surface area (Å²) in [7, 11) is 4.17. The topological polar surface area (TPSA) is 32.8 Å². The quantitative estimate of drug-likeness (QED) is 0.699. The van der Waals surface area contributed by atoms with Gasteiger partial charge in [-0.2, -0.15) is 0 Å². The van der Waals surface area contributed by atoms with Crippen LogP contribution in [-0.2, 0) is 17.7 Å². The number of carbonyl (C=O) groups excluding carboxylic acids is 1. The predicted octanol–water partition coefficient (Wildman–Crippen LogP) is 4.73. The van der Waals surface area contributed by atoms with Crippen LogP contribution in [0, 0.1) is 0 Å². The molecule has 0 aromatic heterocycles. The lowest BCUT2D eigenvalue weighted by atomic mass is 10.1. The summed E-state index contributed by atoms with van der Waals surface area (Å²) < 4.78 is 5.57. The van der Waals surface area contributed by atoms with Gasteiger partial charge in [-0.05, 0) is 84.3 Å². The van der Waals surface area contributed by atoms with Crippen LogP contribution in [-0.4, -0.2) is 48.2 Å². The molecule has 140 valence electrons. The maximum atomic E-state index is 12.5. The Morgan fingerprint density at radius 1 is 1.28 bits per heavy atom. The zero-order valence-corrected chi connectivity index (χ0v) is 16.9. The van der Waals surface area contributed by atoms with Crippen molar-refractivity contribution < 1.29 is 9.53 Å². The van der Waals surface area contributed by atoms with Gasteiger partial charge in [0.25, 0.3) is 0 Å². The van der Waals surface area contributed by atoms with Crippen molar-refractivity contribution in [3.8, 4) is 0 Å². The number of hydrogen-bond acceptors (Lipinski definition) is 3. The van der Waals surface area contributed by atoms with Crippen molar-refractivity contribution in [3.05, 3.63) is 34.3 Å². The summed E-state index contributed by atoms with van der Waals surface area (Å²) in [5, 5.41) is 0.713. The Bertz CT molecular complexity index is 592. The SMILES string of the molecule is CN(C)CCCc1ccc(Cl)c(CN(C(=O)OC(C)(C)C)C2CC2)c1.